The SMILES string of the molecule is Cc1cc(C(=O)NC(C)c2ccc3c(c2)CCC3)ccc1NS(=O)(=O)c1ccccc1. The highest BCUT2D eigenvalue weighted by Crippen LogP contribution is 2.26. The number of hydrogen-bond donors (Lipinski definition) is 2. The van der Waals surface area contributed by atoms with E-state index in [0.717, 1.165) is 18.4 Å². The van der Waals surface area contributed by atoms with Crippen LogP contribution in [-0.2, 0) is 22.9 Å². The topological polar surface area (TPSA) is 75.3 Å². The van der Waals surface area contributed by atoms with Crippen LogP contribution in [0, 0.1) is 6.92 Å². The summed E-state index contributed by atoms with van der Waals surface area (Å²) in [6.07, 6.45) is 3.43. The predicted octanol–water partition coefficient (Wildman–Crippen LogP) is 4.78. The van der Waals surface area contributed by atoms with Gasteiger partial charge in [-0.2, -0.15) is 0 Å². The van der Waals surface area contributed by atoms with Crippen LogP contribution in [0.5, 0.6) is 0 Å². The summed E-state index contributed by atoms with van der Waals surface area (Å²) in [4.78, 5) is 13.0. The number of rotatable bonds is 6. The summed E-state index contributed by atoms with van der Waals surface area (Å²) in [6.45, 7) is 3.76. The van der Waals surface area contributed by atoms with Gasteiger partial charge in [0.2, 0.25) is 0 Å². The van der Waals surface area contributed by atoms with E-state index >= 15 is 0 Å². The molecule has 1 amide bonds. The van der Waals surface area contributed by atoms with Gasteiger partial charge in [0.1, 0.15) is 0 Å². The second-order valence-electron chi connectivity index (χ2n) is 8.03. The molecule has 0 saturated carbocycles. The van der Waals surface area contributed by atoms with Crippen molar-refractivity contribution in [1.82, 2.24) is 5.32 Å². The minimum atomic E-state index is -3.68. The highest BCUT2D eigenvalue weighted by atomic mass is 32.2. The first kappa shape index (κ1) is 21.1. The minimum Gasteiger partial charge on any atom is -0.346 e. The number of benzene rings is 3. The normalized spacial score (nSPS) is 14.0. The lowest BCUT2D eigenvalue weighted by Crippen LogP contribution is -2.27. The molecule has 1 atom stereocenters. The molecule has 0 bridgehead atoms. The molecule has 0 heterocycles. The van der Waals surface area contributed by atoms with Crippen molar-refractivity contribution in [3.63, 3.8) is 0 Å². The summed E-state index contributed by atoms with van der Waals surface area (Å²) in [7, 11) is -3.68. The molecule has 2 N–H and O–H groups in total. The van der Waals surface area contributed by atoms with E-state index in [1.54, 1.807) is 55.5 Å². The van der Waals surface area contributed by atoms with Crippen LogP contribution in [0.1, 0.15) is 52.0 Å². The van der Waals surface area contributed by atoms with Crippen molar-refractivity contribution < 1.29 is 13.2 Å². The van der Waals surface area contributed by atoms with Crippen molar-refractivity contribution in [2.75, 3.05) is 4.72 Å². The molecule has 160 valence electrons. The van der Waals surface area contributed by atoms with Crippen molar-refractivity contribution in [2.24, 2.45) is 0 Å². The molecule has 31 heavy (non-hydrogen) atoms. The van der Waals surface area contributed by atoms with Crippen LogP contribution < -0.4 is 10.0 Å². The Balaban J connectivity index is 1.46. The fraction of sp³-hybridized carbons (Fsp3) is 0.240. The molecular weight excluding hydrogens is 408 g/mol. The Morgan fingerprint density at radius 1 is 0.935 bits per heavy atom. The highest BCUT2D eigenvalue weighted by molar-refractivity contribution is 7.92. The van der Waals surface area contributed by atoms with Crippen LogP contribution in [0.25, 0.3) is 0 Å². The van der Waals surface area contributed by atoms with Gasteiger partial charge in [0.05, 0.1) is 16.6 Å². The maximum absolute atomic E-state index is 12.8. The number of carbonyl (C=O) groups excluding carboxylic acids is 1. The standard InChI is InChI=1S/C25H26N2O3S/c1-17-15-22(13-14-24(17)27-31(29,30)23-9-4-3-5-10-23)25(28)26-18(2)20-12-11-19-7-6-8-21(19)16-20/h3-5,9-16,18,27H,6-8H2,1-2H3,(H,26,28). The fourth-order valence-corrected chi connectivity index (χ4v) is 5.10. The number of hydrogen-bond acceptors (Lipinski definition) is 3. The largest absolute Gasteiger partial charge is 0.346 e. The van der Waals surface area contributed by atoms with E-state index < -0.39 is 10.0 Å². The van der Waals surface area contributed by atoms with E-state index in [1.165, 1.54) is 17.5 Å². The van der Waals surface area contributed by atoms with Gasteiger partial charge in [-0.15, -0.1) is 0 Å². The van der Waals surface area contributed by atoms with E-state index in [4.69, 9.17) is 0 Å². The molecule has 0 radical (unpaired) electrons. The van der Waals surface area contributed by atoms with E-state index in [9.17, 15) is 13.2 Å². The summed E-state index contributed by atoms with van der Waals surface area (Å²) in [5.41, 5.74) is 5.51. The van der Waals surface area contributed by atoms with Crippen molar-refractivity contribution >= 4 is 21.6 Å². The number of sulfonamides is 1. The first-order chi connectivity index (χ1) is 14.8. The van der Waals surface area contributed by atoms with Gasteiger partial charge in [-0.3, -0.25) is 9.52 Å². The zero-order valence-corrected chi connectivity index (χ0v) is 18.5. The molecule has 0 aromatic heterocycles. The Bertz CT molecular complexity index is 1220. The molecule has 0 fully saturated rings. The summed E-state index contributed by atoms with van der Waals surface area (Å²) >= 11 is 0. The Hall–Kier alpha value is -3.12. The zero-order chi connectivity index (χ0) is 22.0. The number of carbonyl (C=O) groups is 1. The second kappa shape index (κ2) is 8.55. The molecule has 1 aliphatic rings. The van der Waals surface area contributed by atoms with Gasteiger partial charge < -0.3 is 5.32 Å². The molecule has 1 unspecified atom stereocenters. The maximum Gasteiger partial charge on any atom is 0.261 e. The first-order valence-corrected chi connectivity index (χ1v) is 11.9. The average Bonchev–Trinajstić information content (AvgIpc) is 3.23. The molecule has 4 rings (SSSR count). The van der Waals surface area contributed by atoms with E-state index in [1.807, 2.05) is 6.92 Å². The van der Waals surface area contributed by atoms with Crippen LogP contribution in [0.2, 0.25) is 0 Å². The zero-order valence-electron chi connectivity index (χ0n) is 17.7. The smallest absolute Gasteiger partial charge is 0.261 e. The molecule has 3 aromatic rings. The molecule has 0 aliphatic heterocycles. The van der Waals surface area contributed by atoms with Gasteiger partial charge in [-0.05, 0) is 85.7 Å². The van der Waals surface area contributed by atoms with Crippen LogP contribution >= 0.6 is 0 Å². The van der Waals surface area contributed by atoms with Crippen molar-refractivity contribution in [2.45, 2.75) is 44.0 Å². The van der Waals surface area contributed by atoms with Crippen LogP contribution in [-0.4, -0.2) is 14.3 Å². The lowest BCUT2D eigenvalue weighted by atomic mass is 10.0. The summed E-state index contributed by atoms with van der Waals surface area (Å²) in [6, 6.07) is 19.5. The number of amides is 1. The third-order valence-electron chi connectivity index (χ3n) is 5.76. The number of aryl methyl sites for hydroxylation is 3. The lowest BCUT2D eigenvalue weighted by Gasteiger charge is -2.17. The predicted molar refractivity (Wildman–Crippen MR) is 123 cm³/mol. The van der Waals surface area contributed by atoms with Crippen LogP contribution in [0.4, 0.5) is 5.69 Å². The lowest BCUT2D eigenvalue weighted by molar-refractivity contribution is 0.0940. The number of fused-ring (bicyclic) bond motifs is 1. The fourth-order valence-electron chi connectivity index (χ4n) is 3.95. The average molecular weight is 435 g/mol. The molecular formula is C25H26N2O3S. The van der Waals surface area contributed by atoms with Crippen molar-refractivity contribution in [1.29, 1.82) is 0 Å². The molecule has 6 heteroatoms. The Kier molecular flexibility index (Phi) is 5.83. The molecule has 3 aromatic carbocycles. The van der Waals surface area contributed by atoms with E-state index in [-0.39, 0.29) is 16.8 Å². The second-order valence-corrected chi connectivity index (χ2v) is 9.71. The van der Waals surface area contributed by atoms with Gasteiger partial charge in [-0.25, -0.2) is 8.42 Å². The van der Waals surface area contributed by atoms with Gasteiger partial charge in [0.15, 0.2) is 0 Å². The highest BCUT2D eigenvalue weighted by Gasteiger charge is 2.18. The van der Waals surface area contributed by atoms with E-state index in [2.05, 4.69) is 28.2 Å². The van der Waals surface area contributed by atoms with Gasteiger partial charge in [0.25, 0.3) is 15.9 Å². The molecule has 0 spiro atoms. The Morgan fingerprint density at radius 2 is 1.68 bits per heavy atom. The third-order valence-corrected chi connectivity index (χ3v) is 7.14. The Morgan fingerprint density at radius 3 is 2.42 bits per heavy atom. The maximum atomic E-state index is 12.8. The quantitative estimate of drug-likeness (QED) is 0.586. The first-order valence-electron chi connectivity index (χ1n) is 10.4. The van der Waals surface area contributed by atoms with E-state index in [0.29, 0.717) is 16.8 Å². The van der Waals surface area contributed by atoms with Crippen molar-refractivity contribution in [3.8, 4) is 0 Å². The number of nitrogens with one attached hydrogen (secondary N) is 2. The summed E-state index contributed by atoms with van der Waals surface area (Å²) in [5.74, 6) is -0.187. The Labute approximate surface area is 183 Å². The molecule has 0 saturated heterocycles. The molecule has 5 nitrogen and oxygen atoms in total. The minimum absolute atomic E-state index is 0.116. The number of anilines is 1. The van der Waals surface area contributed by atoms with Gasteiger partial charge in [-0.1, -0.05) is 36.4 Å². The van der Waals surface area contributed by atoms with Crippen LogP contribution in [0.3, 0.4) is 0 Å². The summed E-state index contributed by atoms with van der Waals surface area (Å²) < 4.78 is 27.7. The van der Waals surface area contributed by atoms with Crippen LogP contribution in [0.15, 0.2) is 71.6 Å². The van der Waals surface area contributed by atoms with Gasteiger partial charge >= 0.3 is 0 Å². The summed E-state index contributed by atoms with van der Waals surface area (Å²) in [5, 5.41) is 3.05. The van der Waals surface area contributed by atoms with Crippen molar-refractivity contribution in [3.05, 3.63) is 94.5 Å². The molecule has 1 aliphatic carbocycles. The van der Waals surface area contributed by atoms with Gasteiger partial charge in [0, 0.05) is 5.56 Å². The third kappa shape index (κ3) is 4.64. The monoisotopic (exact) mass is 434 g/mol.